The lowest BCUT2D eigenvalue weighted by Gasteiger charge is -2.24. The molecule has 9 nitrogen and oxygen atoms in total. The third-order valence-corrected chi connectivity index (χ3v) is 3.30. The predicted molar refractivity (Wildman–Crippen MR) is 81.3 cm³/mol. The molecule has 0 fully saturated rings. The minimum Gasteiger partial charge on any atom is -0.463 e. The van der Waals surface area contributed by atoms with Gasteiger partial charge in [-0.15, -0.1) is 0 Å². The van der Waals surface area contributed by atoms with E-state index in [2.05, 4.69) is 4.74 Å². The molecule has 9 heteroatoms. The number of ketones is 1. The number of nitrogens with two attached hydrogens (primary N) is 1. The van der Waals surface area contributed by atoms with Gasteiger partial charge < -0.3 is 36.0 Å². The summed E-state index contributed by atoms with van der Waals surface area (Å²) in [6.07, 6.45) is 0.267. The molecule has 0 bridgehead atoms. The summed E-state index contributed by atoms with van der Waals surface area (Å²) >= 11 is 0. The van der Waals surface area contributed by atoms with Crippen LogP contribution in [0.1, 0.15) is 26.7 Å². The van der Waals surface area contributed by atoms with Gasteiger partial charge in [0.2, 0.25) is 0 Å². The second kappa shape index (κ2) is 12.3. The number of rotatable bonds is 10. The van der Waals surface area contributed by atoms with Gasteiger partial charge in [-0.3, -0.25) is 9.59 Å². The summed E-state index contributed by atoms with van der Waals surface area (Å²) in [7, 11) is 0. The number of carbonyl (C=O) groups is 2. The minimum atomic E-state index is -1.34. The molecule has 0 rings (SSSR count). The van der Waals surface area contributed by atoms with Crippen molar-refractivity contribution >= 4 is 11.8 Å². The van der Waals surface area contributed by atoms with Crippen molar-refractivity contribution in [2.75, 3.05) is 39.6 Å². The Morgan fingerprint density at radius 3 is 1.61 bits per heavy atom. The number of Topliss-reactive ketones (excluding diaryl/α,β-unsaturated/α-hetero) is 1. The fourth-order valence-corrected chi connectivity index (χ4v) is 1.11. The summed E-state index contributed by atoms with van der Waals surface area (Å²) in [5.74, 6) is -1.03. The molecule has 0 aromatic carbocycles. The molecule has 0 amide bonds. The van der Waals surface area contributed by atoms with Gasteiger partial charge in [-0.25, -0.2) is 0 Å². The highest BCUT2D eigenvalue weighted by atomic mass is 16.5. The van der Waals surface area contributed by atoms with Crippen LogP contribution in [-0.4, -0.2) is 82.5 Å². The van der Waals surface area contributed by atoms with Gasteiger partial charge in [0.25, 0.3) is 0 Å². The van der Waals surface area contributed by atoms with E-state index in [0.29, 0.717) is 6.42 Å². The van der Waals surface area contributed by atoms with Gasteiger partial charge in [-0.05, 0) is 13.3 Å². The van der Waals surface area contributed by atoms with Crippen molar-refractivity contribution in [3.05, 3.63) is 0 Å². The van der Waals surface area contributed by atoms with E-state index in [1.807, 2.05) is 6.92 Å². The van der Waals surface area contributed by atoms with Crippen LogP contribution in [0.3, 0.4) is 0 Å². The summed E-state index contributed by atoms with van der Waals surface area (Å²) in [6, 6.07) is 0. The van der Waals surface area contributed by atoms with Crippen molar-refractivity contribution in [1.82, 2.24) is 0 Å². The van der Waals surface area contributed by atoms with E-state index in [1.165, 1.54) is 6.92 Å². The van der Waals surface area contributed by atoms with Gasteiger partial charge in [-0.1, -0.05) is 6.92 Å². The molecule has 0 heterocycles. The smallest absolute Gasteiger partial charge is 0.313 e. The molecule has 23 heavy (non-hydrogen) atoms. The highest BCUT2D eigenvalue weighted by Gasteiger charge is 2.25. The maximum Gasteiger partial charge on any atom is 0.313 e. The van der Waals surface area contributed by atoms with E-state index < -0.39 is 30.1 Å². The number of carbonyl (C=O) groups excluding carboxylic acids is 2. The van der Waals surface area contributed by atoms with Crippen LogP contribution >= 0.6 is 0 Å². The molecular weight excluding hydrogens is 310 g/mol. The zero-order valence-corrected chi connectivity index (χ0v) is 13.7. The van der Waals surface area contributed by atoms with Gasteiger partial charge in [0.05, 0.1) is 38.6 Å². The van der Waals surface area contributed by atoms with Crippen molar-refractivity contribution in [1.29, 1.82) is 0 Å². The molecule has 7 N–H and O–H groups in total. The van der Waals surface area contributed by atoms with Crippen molar-refractivity contribution < 1.29 is 39.9 Å². The van der Waals surface area contributed by atoms with Gasteiger partial charge in [0, 0.05) is 5.41 Å². The monoisotopic (exact) mass is 339 g/mol. The van der Waals surface area contributed by atoms with E-state index in [4.69, 9.17) is 31.3 Å². The van der Waals surface area contributed by atoms with E-state index in [1.54, 1.807) is 0 Å². The topological polar surface area (TPSA) is 171 Å². The molecule has 0 aromatic rings. The Bertz CT molecular complexity index is 322. The van der Waals surface area contributed by atoms with Gasteiger partial charge in [-0.2, -0.15) is 0 Å². The average Bonchev–Trinajstić information content (AvgIpc) is 2.55. The van der Waals surface area contributed by atoms with Crippen molar-refractivity contribution in [2.45, 2.75) is 32.2 Å². The first-order chi connectivity index (χ1) is 10.7. The number of aliphatic hydroxyl groups is 5. The Hall–Kier alpha value is -1.10. The lowest BCUT2D eigenvalue weighted by Crippen LogP contribution is -2.51. The maximum atomic E-state index is 10.9. The number of esters is 1. The third-order valence-electron chi connectivity index (χ3n) is 3.30. The van der Waals surface area contributed by atoms with Crippen LogP contribution in [0.25, 0.3) is 0 Å². The predicted octanol–water partition coefficient (Wildman–Crippen LogP) is -2.45. The highest BCUT2D eigenvalue weighted by Crippen LogP contribution is 2.18. The van der Waals surface area contributed by atoms with Crippen molar-refractivity contribution in [3.8, 4) is 0 Å². The van der Waals surface area contributed by atoms with Gasteiger partial charge in [0.15, 0.2) is 0 Å². The number of hydrogen-bond donors (Lipinski definition) is 6. The van der Waals surface area contributed by atoms with Crippen LogP contribution in [0.2, 0.25) is 0 Å². The van der Waals surface area contributed by atoms with E-state index >= 15 is 0 Å². The summed E-state index contributed by atoms with van der Waals surface area (Å²) < 4.78 is 4.60. The molecule has 0 aliphatic carbocycles. The number of hydrogen-bond acceptors (Lipinski definition) is 9. The Labute approximate surface area is 135 Å². The van der Waals surface area contributed by atoms with E-state index in [0.717, 1.165) is 0 Å². The fourth-order valence-electron chi connectivity index (χ4n) is 1.11. The molecular formula is C14H29NO8. The van der Waals surface area contributed by atoms with Crippen LogP contribution in [0, 0.1) is 5.41 Å². The maximum absolute atomic E-state index is 10.9. The summed E-state index contributed by atoms with van der Waals surface area (Å²) in [4.78, 5) is 21.4. The van der Waals surface area contributed by atoms with E-state index in [-0.39, 0.29) is 38.6 Å². The first-order valence-electron chi connectivity index (χ1n) is 7.16. The average molecular weight is 339 g/mol. The molecule has 0 radical (unpaired) electrons. The fraction of sp³-hybridized carbons (Fsp3) is 0.857. The van der Waals surface area contributed by atoms with Crippen LogP contribution in [0.5, 0.6) is 0 Å². The highest BCUT2D eigenvalue weighted by molar-refractivity contribution is 5.94. The molecule has 0 spiro atoms. The largest absolute Gasteiger partial charge is 0.463 e. The van der Waals surface area contributed by atoms with Crippen LogP contribution in [0.15, 0.2) is 0 Å². The first kappa shape index (κ1) is 24.2. The lowest BCUT2D eigenvalue weighted by molar-refractivity contribution is -0.148. The van der Waals surface area contributed by atoms with Crippen LogP contribution in [-0.2, 0) is 14.3 Å². The molecule has 0 aromatic heterocycles. The van der Waals surface area contributed by atoms with Gasteiger partial charge >= 0.3 is 5.97 Å². The minimum absolute atomic E-state index is 0.156. The molecule has 0 unspecified atom stereocenters. The molecule has 0 aliphatic rings. The molecule has 0 atom stereocenters. The third kappa shape index (κ3) is 10.3. The number of aliphatic hydroxyl groups excluding tert-OH is 5. The Kier molecular flexibility index (Phi) is 13.0. The van der Waals surface area contributed by atoms with Crippen LogP contribution in [0.4, 0.5) is 0 Å². The lowest BCUT2D eigenvalue weighted by atomic mass is 9.88. The SMILES string of the molecule is CC(=O)CC(=O)OCC(N)(CO)CO.CCC(CO)(CO)CO. The van der Waals surface area contributed by atoms with Crippen LogP contribution < -0.4 is 5.73 Å². The molecule has 0 saturated heterocycles. The molecule has 0 aliphatic heterocycles. The Morgan fingerprint density at radius 2 is 1.39 bits per heavy atom. The second-order valence-corrected chi connectivity index (χ2v) is 5.55. The summed E-state index contributed by atoms with van der Waals surface area (Å²) in [5, 5.41) is 43.4. The zero-order valence-electron chi connectivity index (χ0n) is 13.7. The standard InChI is InChI=1S/C8H15NO5.C6H14O3/c1-6(12)2-7(13)14-5-8(9,3-10)4-11;1-2-6(3-7,4-8)5-9/h10-11H,2-5,9H2,1H3;7-9H,2-5H2,1H3. The summed E-state index contributed by atoms with van der Waals surface area (Å²) in [5.41, 5.74) is 3.41. The zero-order chi connectivity index (χ0) is 18.5. The number of ether oxygens (including phenoxy) is 1. The Balaban J connectivity index is 0. The van der Waals surface area contributed by atoms with Gasteiger partial charge in [0.1, 0.15) is 18.8 Å². The first-order valence-corrected chi connectivity index (χ1v) is 7.16. The normalized spacial score (nSPS) is 11.5. The quantitative estimate of drug-likeness (QED) is 0.187. The second-order valence-electron chi connectivity index (χ2n) is 5.55. The molecule has 0 saturated carbocycles. The summed E-state index contributed by atoms with van der Waals surface area (Å²) in [6.45, 7) is 1.29. The molecule has 138 valence electrons. The van der Waals surface area contributed by atoms with E-state index in [9.17, 15) is 9.59 Å². The van der Waals surface area contributed by atoms with Crippen molar-refractivity contribution in [3.63, 3.8) is 0 Å². The Morgan fingerprint density at radius 1 is 0.957 bits per heavy atom. The van der Waals surface area contributed by atoms with Crippen molar-refractivity contribution in [2.24, 2.45) is 11.1 Å².